The molecule has 0 saturated heterocycles. The molecule has 5 nitrogen and oxygen atoms in total. The maximum absolute atomic E-state index is 12.9. The lowest BCUT2D eigenvalue weighted by atomic mass is 10.2. The van der Waals surface area contributed by atoms with Crippen LogP contribution in [0.3, 0.4) is 0 Å². The molecule has 114 valence electrons. The van der Waals surface area contributed by atoms with Crippen LogP contribution in [0.25, 0.3) is 16.4 Å². The first kappa shape index (κ1) is 14.2. The number of fused-ring (bicyclic) bond motifs is 3. The Morgan fingerprint density at radius 2 is 1.65 bits per heavy atom. The summed E-state index contributed by atoms with van der Waals surface area (Å²) in [4.78, 5) is 12.9. The highest BCUT2D eigenvalue weighted by Crippen LogP contribution is 2.25. The van der Waals surface area contributed by atoms with Crippen molar-refractivity contribution in [3.05, 3.63) is 74.8 Å². The summed E-state index contributed by atoms with van der Waals surface area (Å²) in [7, 11) is 0. The Kier molecular flexibility index (Phi) is 3.32. The van der Waals surface area contributed by atoms with E-state index in [1.165, 1.54) is 11.0 Å². The first-order chi connectivity index (χ1) is 11.2. The highest BCUT2D eigenvalue weighted by molar-refractivity contribution is 6.35. The molecule has 0 saturated carbocycles. The van der Waals surface area contributed by atoms with Crippen LogP contribution in [0.2, 0.25) is 10.0 Å². The van der Waals surface area contributed by atoms with E-state index in [2.05, 4.69) is 10.2 Å². The second kappa shape index (κ2) is 5.37. The van der Waals surface area contributed by atoms with Gasteiger partial charge in [-0.15, -0.1) is 10.2 Å². The molecular formula is C16H10Cl2N4O. The van der Waals surface area contributed by atoms with E-state index in [1.807, 2.05) is 18.2 Å². The Morgan fingerprint density at radius 1 is 0.957 bits per heavy atom. The molecule has 0 atom stereocenters. The van der Waals surface area contributed by atoms with Gasteiger partial charge in [0.2, 0.25) is 0 Å². The Bertz CT molecular complexity index is 1080. The summed E-state index contributed by atoms with van der Waals surface area (Å²) in [6.45, 7) is 0.233. The van der Waals surface area contributed by atoms with Gasteiger partial charge in [-0.25, -0.2) is 9.20 Å². The number of aromatic nitrogens is 4. The fourth-order valence-corrected chi connectivity index (χ4v) is 3.18. The third-order valence-electron chi connectivity index (χ3n) is 3.79. The lowest BCUT2D eigenvalue weighted by Crippen LogP contribution is -2.27. The molecule has 2 aromatic carbocycles. The number of nitrogens with zero attached hydrogens (tertiary/aromatic N) is 4. The predicted octanol–water partition coefficient (Wildman–Crippen LogP) is 3.40. The number of halogens is 2. The third kappa shape index (κ3) is 2.20. The van der Waals surface area contributed by atoms with Crippen molar-refractivity contribution in [2.45, 2.75) is 6.54 Å². The normalized spacial score (nSPS) is 11.4. The summed E-state index contributed by atoms with van der Waals surface area (Å²) in [5, 5.41) is 10.4. The Hall–Kier alpha value is -2.37. The minimum absolute atomic E-state index is 0.149. The van der Waals surface area contributed by atoms with Crippen molar-refractivity contribution in [2.75, 3.05) is 0 Å². The average Bonchev–Trinajstić information content (AvgIpc) is 3.03. The van der Waals surface area contributed by atoms with Crippen LogP contribution in [-0.4, -0.2) is 19.4 Å². The largest absolute Gasteiger partial charge is 0.273 e. The van der Waals surface area contributed by atoms with E-state index in [4.69, 9.17) is 23.2 Å². The van der Waals surface area contributed by atoms with Crippen molar-refractivity contribution in [1.82, 2.24) is 19.4 Å². The van der Waals surface area contributed by atoms with E-state index in [1.54, 1.807) is 28.8 Å². The SMILES string of the molecule is O=c1c2ccccc2c2nncn2n1Cc1c(Cl)cccc1Cl. The zero-order valence-electron chi connectivity index (χ0n) is 11.8. The maximum Gasteiger partial charge on any atom is 0.273 e. The van der Waals surface area contributed by atoms with Gasteiger partial charge in [-0.3, -0.25) is 4.79 Å². The van der Waals surface area contributed by atoms with Gasteiger partial charge < -0.3 is 0 Å². The van der Waals surface area contributed by atoms with Crippen LogP contribution < -0.4 is 5.56 Å². The van der Waals surface area contributed by atoms with E-state index in [0.717, 1.165) is 5.39 Å². The van der Waals surface area contributed by atoms with Crippen molar-refractivity contribution in [2.24, 2.45) is 0 Å². The van der Waals surface area contributed by atoms with Gasteiger partial charge in [-0.05, 0) is 18.2 Å². The molecule has 4 aromatic rings. The van der Waals surface area contributed by atoms with Crippen molar-refractivity contribution in [3.63, 3.8) is 0 Å². The van der Waals surface area contributed by atoms with E-state index < -0.39 is 0 Å². The van der Waals surface area contributed by atoms with Crippen molar-refractivity contribution >= 4 is 39.6 Å². The van der Waals surface area contributed by atoms with Crippen LogP contribution in [0.4, 0.5) is 0 Å². The molecule has 7 heteroatoms. The fraction of sp³-hybridized carbons (Fsp3) is 0.0625. The van der Waals surface area contributed by atoms with Gasteiger partial charge in [0.15, 0.2) is 5.65 Å². The lowest BCUT2D eigenvalue weighted by molar-refractivity contribution is 0.605. The van der Waals surface area contributed by atoms with E-state index in [9.17, 15) is 4.79 Å². The van der Waals surface area contributed by atoms with E-state index in [-0.39, 0.29) is 12.1 Å². The highest BCUT2D eigenvalue weighted by atomic mass is 35.5. The Morgan fingerprint density at radius 3 is 2.39 bits per heavy atom. The molecule has 0 bridgehead atoms. The summed E-state index contributed by atoms with van der Waals surface area (Å²) in [6, 6.07) is 12.6. The van der Waals surface area contributed by atoms with Gasteiger partial charge in [-0.2, -0.15) is 0 Å². The van der Waals surface area contributed by atoms with Crippen LogP contribution in [0, 0.1) is 0 Å². The topological polar surface area (TPSA) is 52.2 Å². The molecule has 0 amide bonds. The quantitative estimate of drug-likeness (QED) is 0.560. The molecule has 0 unspecified atom stereocenters. The molecule has 0 aliphatic rings. The summed E-state index contributed by atoms with van der Waals surface area (Å²) >= 11 is 12.5. The lowest BCUT2D eigenvalue weighted by Gasteiger charge is -2.13. The van der Waals surface area contributed by atoms with Crippen molar-refractivity contribution < 1.29 is 0 Å². The summed E-state index contributed by atoms with van der Waals surface area (Å²) < 4.78 is 3.16. The molecule has 0 fully saturated rings. The Balaban J connectivity index is 2.04. The first-order valence-corrected chi connectivity index (χ1v) is 7.67. The van der Waals surface area contributed by atoms with Crippen LogP contribution in [0.1, 0.15) is 5.56 Å². The second-order valence-corrected chi connectivity index (χ2v) is 5.92. The summed E-state index contributed by atoms with van der Waals surface area (Å²) in [5.74, 6) is 0. The smallest absolute Gasteiger partial charge is 0.267 e. The molecule has 0 aliphatic heterocycles. The molecule has 0 radical (unpaired) electrons. The first-order valence-electron chi connectivity index (χ1n) is 6.91. The average molecular weight is 345 g/mol. The predicted molar refractivity (Wildman–Crippen MR) is 90.3 cm³/mol. The molecule has 2 aromatic heterocycles. The maximum atomic E-state index is 12.9. The molecular weight excluding hydrogens is 335 g/mol. The van der Waals surface area contributed by atoms with Crippen LogP contribution in [0.5, 0.6) is 0 Å². The minimum Gasteiger partial charge on any atom is -0.267 e. The molecule has 0 aliphatic carbocycles. The monoisotopic (exact) mass is 344 g/mol. The van der Waals surface area contributed by atoms with Crippen molar-refractivity contribution in [3.8, 4) is 0 Å². The van der Waals surface area contributed by atoms with E-state index in [0.29, 0.717) is 26.6 Å². The Labute approximate surface area is 140 Å². The number of hydrogen-bond acceptors (Lipinski definition) is 3. The molecule has 2 heterocycles. The number of rotatable bonds is 2. The number of benzene rings is 2. The zero-order valence-corrected chi connectivity index (χ0v) is 13.3. The van der Waals surface area contributed by atoms with Gasteiger partial charge in [0.1, 0.15) is 6.33 Å². The minimum atomic E-state index is -0.149. The van der Waals surface area contributed by atoms with Crippen LogP contribution >= 0.6 is 23.2 Å². The molecule has 0 N–H and O–H groups in total. The van der Waals surface area contributed by atoms with Gasteiger partial charge >= 0.3 is 0 Å². The van der Waals surface area contributed by atoms with Gasteiger partial charge in [-0.1, -0.05) is 47.5 Å². The van der Waals surface area contributed by atoms with Gasteiger partial charge in [0.05, 0.1) is 11.9 Å². The van der Waals surface area contributed by atoms with Crippen LogP contribution in [0.15, 0.2) is 53.6 Å². The fourth-order valence-electron chi connectivity index (χ4n) is 2.67. The third-order valence-corrected chi connectivity index (χ3v) is 4.50. The number of hydrogen-bond donors (Lipinski definition) is 0. The molecule has 23 heavy (non-hydrogen) atoms. The molecule has 4 rings (SSSR count). The van der Waals surface area contributed by atoms with E-state index >= 15 is 0 Å². The second-order valence-electron chi connectivity index (χ2n) is 5.11. The summed E-state index contributed by atoms with van der Waals surface area (Å²) in [6.07, 6.45) is 1.51. The highest BCUT2D eigenvalue weighted by Gasteiger charge is 2.14. The van der Waals surface area contributed by atoms with Crippen LogP contribution in [-0.2, 0) is 6.54 Å². The molecule has 0 spiro atoms. The van der Waals surface area contributed by atoms with Crippen molar-refractivity contribution in [1.29, 1.82) is 0 Å². The summed E-state index contributed by atoms with van der Waals surface area (Å²) in [5.41, 5.74) is 1.15. The zero-order chi connectivity index (χ0) is 16.0. The van der Waals surface area contributed by atoms with Gasteiger partial charge in [0.25, 0.3) is 5.56 Å². The standard InChI is InChI=1S/C16H10Cl2N4O/c17-13-6-3-7-14(18)12(13)8-21-16(23)11-5-2-1-4-10(11)15-20-19-9-22(15)21/h1-7,9H,8H2. The van der Waals surface area contributed by atoms with Gasteiger partial charge in [0, 0.05) is 21.0 Å².